The molecule has 0 aliphatic carbocycles. The van der Waals surface area contributed by atoms with Crippen LogP contribution in [0.4, 0.5) is 0 Å². The maximum atomic E-state index is 4.56. The van der Waals surface area contributed by atoms with Crippen LogP contribution in [0.3, 0.4) is 0 Å². The summed E-state index contributed by atoms with van der Waals surface area (Å²) in [6.45, 7) is 14.7. The van der Waals surface area contributed by atoms with E-state index in [-0.39, 0.29) is 0 Å². The first-order chi connectivity index (χ1) is 10.5. The molecule has 0 aromatic rings. The summed E-state index contributed by atoms with van der Waals surface area (Å²) in [7, 11) is 0. The van der Waals surface area contributed by atoms with E-state index in [4.69, 9.17) is 0 Å². The molecule has 0 aromatic carbocycles. The zero-order chi connectivity index (χ0) is 15.9. The zero-order valence-electron chi connectivity index (χ0n) is 14.8. The number of hydrogen-bond acceptors (Lipinski definition) is 3. The number of likely N-dealkylation sites (tertiary alicyclic amines) is 2. The minimum absolute atomic E-state index is 0.435. The van der Waals surface area contributed by atoms with Crippen LogP contribution in [0, 0.1) is 11.8 Å². The van der Waals surface area contributed by atoms with E-state index in [0.29, 0.717) is 5.37 Å². The third kappa shape index (κ3) is 6.25. The van der Waals surface area contributed by atoms with Crippen molar-refractivity contribution in [2.45, 2.75) is 64.2 Å². The molecule has 0 spiro atoms. The maximum absolute atomic E-state index is 4.56. The van der Waals surface area contributed by atoms with Gasteiger partial charge >= 0.3 is 0 Å². The zero-order valence-corrected chi connectivity index (χ0v) is 15.7. The Morgan fingerprint density at radius 3 is 2.00 bits per heavy atom. The predicted octanol–water partition coefficient (Wildman–Crippen LogP) is 4.43. The highest BCUT2D eigenvalue weighted by Gasteiger charge is 2.23. The molecule has 2 nitrogen and oxygen atoms in total. The third-order valence-corrected chi connectivity index (χ3v) is 6.05. The summed E-state index contributed by atoms with van der Waals surface area (Å²) in [4.78, 5) is 5.15. The van der Waals surface area contributed by atoms with Gasteiger partial charge in [-0.15, -0.1) is 6.58 Å². The van der Waals surface area contributed by atoms with Crippen molar-refractivity contribution in [1.82, 2.24) is 9.80 Å². The van der Waals surface area contributed by atoms with Gasteiger partial charge in [-0.3, -0.25) is 4.90 Å². The average Bonchev–Trinajstić information content (AvgIpc) is 2.52. The molecule has 2 aliphatic heterocycles. The van der Waals surface area contributed by atoms with Gasteiger partial charge < -0.3 is 4.90 Å². The van der Waals surface area contributed by atoms with Crippen LogP contribution in [0.25, 0.3) is 0 Å². The Morgan fingerprint density at radius 2 is 1.55 bits per heavy atom. The molecular formula is C19H36N2S. The van der Waals surface area contributed by atoms with E-state index in [1.54, 1.807) is 0 Å². The minimum atomic E-state index is 0.435. The molecule has 0 radical (unpaired) electrons. The summed E-state index contributed by atoms with van der Waals surface area (Å²) in [5, 5.41) is 0.435. The van der Waals surface area contributed by atoms with E-state index in [0.717, 1.165) is 11.8 Å². The topological polar surface area (TPSA) is 6.48 Å². The first-order valence-electron chi connectivity index (χ1n) is 9.33. The lowest BCUT2D eigenvalue weighted by molar-refractivity contribution is 0.150. The molecule has 3 heteroatoms. The molecule has 2 heterocycles. The van der Waals surface area contributed by atoms with Gasteiger partial charge in [-0.25, -0.2) is 0 Å². The van der Waals surface area contributed by atoms with Gasteiger partial charge in [0.15, 0.2) is 0 Å². The molecule has 0 aromatic heterocycles. The summed E-state index contributed by atoms with van der Waals surface area (Å²) in [6.07, 6.45) is 9.73. The highest BCUT2D eigenvalue weighted by atomic mass is 32.1. The number of hydrogen-bond donors (Lipinski definition) is 1. The van der Waals surface area contributed by atoms with Gasteiger partial charge in [0.05, 0.1) is 0 Å². The molecule has 2 saturated heterocycles. The molecular weight excluding hydrogens is 288 g/mol. The Morgan fingerprint density at radius 1 is 1.05 bits per heavy atom. The van der Waals surface area contributed by atoms with Crippen LogP contribution >= 0.6 is 12.6 Å². The highest BCUT2D eigenvalue weighted by Crippen LogP contribution is 2.29. The number of thiol groups is 1. The van der Waals surface area contributed by atoms with Crippen LogP contribution in [0.5, 0.6) is 0 Å². The summed E-state index contributed by atoms with van der Waals surface area (Å²) >= 11 is 4.56. The molecule has 22 heavy (non-hydrogen) atoms. The first kappa shape index (κ1) is 18.4. The van der Waals surface area contributed by atoms with E-state index in [2.05, 4.69) is 42.9 Å². The lowest BCUT2D eigenvalue weighted by Gasteiger charge is -2.36. The van der Waals surface area contributed by atoms with Crippen molar-refractivity contribution < 1.29 is 0 Å². The van der Waals surface area contributed by atoms with E-state index >= 15 is 0 Å². The second-order valence-corrected chi connectivity index (χ2v) is 8.43. The number of piperidine rings is 2. The fourth-order valence-electron chi connectivity index (χ4n) is 3.93. The van der Waals surface area contributed by atoms with E-state index in [9.17, 15) is 0 Å². The summed E-state index contributed by atoms with van der Waals surface area (Å²) < 4.78 is 0. The largest absolute Gasteiger partial charge is 0.303 e. The van der Waals surface area contributed by atoms with Crippen molar-refractivity contribution in [1.29, 1.82) is 0 Å². The van der Waals surface area contributed by atoms with Crippen molar-refractivity contribution in [2.75, 3.05) is 32.7 Å². The summed E-state index contributed by atoms with van der Waals surface area (Å²) in [6, 6.07) is 0. The standard InChI is InChI=1S/C19H36N2S/c1-16(2)6-11-20-12-7-18(8-13-20)4-5-19-9-14-21(15-10-19)17(3)22/h17-19,22H,1,4-15H2,2-3H3. The van der Waals surface area contributed by atoms with Crippen LogP contribution in [0.15, 0.2) is 12.2 Å². The van der Waals surface area contributed by atoms with E-state index in [1.807, 2.05) is 0 Å². The van der Waals surface area contributed by atoms with Crippen molar-refractivity contribution in [3.8, 4) is 0 Å². The molecule has 1 atom stereocenters. The van der Waals surface area contributed by atoms with Crippen molar-refractivity contribution >= 4 is 12.6 Å². The van der Waals surface area contributed by atoms with Crippen molar-refractivity contribution in [2.24, 2.45) is 11.8 Å². The molecule has 0 amide bonds. The fourth-order valence-corrected chi connectivity index (χ4v) is 4.17. The van der Waals surface area contributed by atoms with Gasteiger partial charge in [0.2, 0.25) is 0 Å². The lowest BCUT2D eigenvalue weighted by Crippen LogP contribution is -2.38. The van der Waals surface area contributed by atoms with Crippen LogP contribution < -0.4 is 0 Å². The second-order valence-electron chi connectivity index (χ2n) is 7.68. The molecule has 2 aliphatic rings. The van der Waals surface area contributed by atoms with Crippen LogP contribution in [-0.2, 0) is 0 Å². The van der Waals surface area contributed by atoms with Gasteiger partial charge in [-0.1, -0.05) is 18.4 Å². The highest BCUT2D eigenvalue weighted by molar-refractivity contribution is 7.80. The first-order valence-corrected chi connectivity index (χ1v) is 9.85. The van der Waals surface area contributed by atoms with E-state index < -0.39 is 0 Å². The third-order valence-electron chi connectivity index (χ3n) is 5.72. The Labute approximate surface area is 143 Å². The maximum Gasteiger partial charge on any atom is 0.0499 e. The lowest BCUT2D eigenvalue weighted by atomic mass is 9.85. The van der Waals surface area contributed by atoms with Crippen molar-refractivity contribution in [3.05, 3.63) is 12.2 Å². The second kappa shape index (κ2) is 9.34. The summed E-state index contributed by atoms with van der Waals surface area (Å²) in [5.41, 5.74) is 1.32. The number of rotatable bonds is 7. The van der Waals surface area contributed by atoms with Crippen LogP contribution in [0.2, 0.25) is 0 Å². The van der Waals surface area contributed by atoms with Crippen LogP contribution in [0.1, 0.15) is 58.8 Å². The van der Waals surface area contributed by atoms with Gasteiger partial charge in [-0.2, -0.15) is 12.6 Å². The average molecular weight is 325 g/mol. The normalized spacial score (nSPS) is 24.5. The molecule has 0 saturated carbocycles. The quantitative estimate of drug-likeness (QED) is 0.546. The summed E-state index contributed by atoms with van der Waals surface area (Å²) in [5.74, 6) is 1.97. The van der Waals surface area contributed by atoms with E-state index in [1.165, 1.54) is 83.2 Å². The molecule has 2 rings (SSSR count). The fraction of sp³-hybridized carbons (Fsp3) is 0.895. The van der Waals surface area contributed by atoms with Gasteiger partial charge in [0, 0.05) is 11.9 Å². The number of nitrogens with zero attached hydrogens (tertiary/aromatic N) is 2. The molecule has 1 unspecified atom stereocenters. The SMILES string of the molecule is C=C(C)CCN1CCC(CCC2CCN(C(C)S)CC2)CC1. The van der Waals surface area contributed by atoms with Gasteiger partial charge in [-0.05, 0) is 84.0 Å². The predicted molar refractivity (Wildman–Crippen MR) is 101 cm³/mol. The molecule has 0 N–H and O–H groups in total. The minimum Gasteiger partial charge on any atom is -0.303 e. The van der Waals surface area contributed by atoms with Gasteiger partial charge in [0.1, 0.15) is 0 Å². The molecule has 2 fully saturated rings. The smallest absolute Gasteiger partial charge is 0.0499 e. The Hall–Kier alpha value is 0.0100. The molecule has 0 bridgehead atoms. The Kier molecular flexibility index (Phi) is 7.79. The van der Waals surface area contributed by atoms with Gasteiger partial charge in [0.25, 0.3) is 0 Å². The van der Waals surface area contributed by atoms with Crippen molar-refractivity contribution in [3.63, 3.8) is 0 Å². The van der Waals surface area contributed by atoms with Crippen LogP contribution in [-0.4, -0.2) is 47.9 Å². The monoisotopic (exact) mass is 324 g/mol. The Bertz CT molecular complexity index is 326. The Balaban J connectivity index is 1.56. The molecule has 128 valence electrons.